The highest BCUT2D eigenvalue weighted by Crippen LogP contribution is 2.19. The van der Waals surface area contributed by atoms with Crippen LogP contribution in [0.1, 0.15) is 29.3 Å². The molecular weight excluding hydrogens is 348 g/mol. The van der Waals surface area contributed by atoms with Gasteiger partial charge < -0.3 is 20.5 Å². The molecule has 1 unspecified atom stereocenters. The predicted octanol–water partition coefficient (Wildman–Crippen LogP) is 2.47. The average molecular weight is 370 g/mol. The first-order valence-electron chi connectivity index (χ1n) is 8.46. The molecule has 0 fully saturated rings. The van der Waals surface area contributed by atoms with Crippen LogP contribution in [0.2, 0.25) is 0 Å². The Kier molecular flexibility index (Phi) is 6.93. The molecule has 7 heteroatoms. The van der Waals surface area contributed by atoms with Crippen molar-refractivity contribution in [3.8, 4) is 5.75 Å². The summed E-state index contributed by atoms with van der Waals surface area (Å²) in [6, 6.07) is 12.8. The molecule has 0 aliphatic rings. The van der Waals surface area contributed by atoms with Crippen LogP contribution in [0.3, 0.4) is 0 Å². The predicted molar refractivity (Wildman–Crippen MR) is 101 cm³/mol. The van der Waals surface area contributed by atoms with Crippen molar-refractivity contribution >= 4 is 23.5 Å². The molecule has 7 nitrogen and oxygen atoms in total. The van der Waals surface area contributed by atoms with Crippen LogP contribution in [-0.2, 0) is 16.0 Å². The Hall–Kier alpha value is -3.35. The Morgan fingerprint density at radius 1 is 1.07 bits per heavy atom. The van der Waals surface area contributed by atoms with Crippen LogP contribution in [0.4, 0.5) is 5.69 Å². The summed E-state index contributed by atoms with van der Waals surface area (Å²) in [5.41, 5.74) is 1.83. The van der Waals surface area contributed by atoms with Crippen molar-refractivity contribution in [2.24, 2.45) is 0 Å². The second kappa shape index (κ2) is 9.38. The van der Waals surface area contributed by atoms with Gasteiger partial charge in [-0.3, -0.25) is 14.4 Å². The molecular formula is C20H22N2O5. The average Bonchev–Trinajstić information content (AvgIpc) is 2.67. The van der Waals surface area contributed by atoms with E-state index in [1.54, 1.807) is 19.2 Å². The number of rotatable bonds is 8. The number of amides is 2. The second-order valence-corrected chi connectivity index (χ2v) is 5.97. The maximum absolute atomic E-state index is 12.1. The van der Waals surface area contributed by atoms with Crippen LogP contribution < -0.4 is 15.4 Å². The highest BCUT2D eigenvalue weighted by Gasteiger charge is 2.15. The number of hydrogen-bond donors (Lipinski definition) is 3. The Morgan fingerprint density at radius 2 is 1.74 bits per heavy atom. The fourth-order valence-electron chi connectivity index (χ4n) is 2.43. The van der Waals surface area contributed by atoms with Gasteiger partial charge in [-0.25, -0.2) is 0 Å². The lowest BCUT2D eigenvalue weighted by Gasteiger charge is -2.10. The van der Waals surface area contributed by atoms with Gasteiger partial charge in [-0.1, -0.05) is 18.2 Å². The van der Waals surface area contributed by atoms with E-state index in [2.05, 4.69) is 10.6 Å². The van der Waals surface area contributed by atoms with Gasteiger partial charge in [0.25, 0.3) is 5.91 Å². The molecule has 1 atom stereocenters. The first-order chi connectivity index (χ1) is 12.9. The molecule has 2 amide bonds. The van der Waals surface area contributed by atoms with Gasteiger partial charge in [-0.15, -0.1) is 0 Å². The summed E-state index contributed by atoms with van der Waals surface area (Å²) in [6.07, 6.45) is 0.835. The van der Waals surface area contributed by atoms with Gasteiger partial charge in [-0.2, -0.15) is 0 Å². The lowest BCUT2D eigenvalue weighted by Crippen LogP contribution is -2.38. The molecule has 0 aromatic heterocycles. The number of aryl methyl sites for hydroxylation is 1. The topological polar surface area (TPSA) is 105 Å². The molecule has 0 aliphatic heterocycles. The summed E-state index contributed by atoms with van der Waals surface area (Å²) in [4.78, 5) is 34.8. The second-order valence-electron chi connectivity index (χ2n) is 5.97. The molecule has 0 saturated carbocycles. The van der Waals surface area contributed by atoms with E-state index in [-0.39, 0.29) is 5.91 Å². The minimum atomic E-state index is -1.11. The van der Waals surface area contributed by atoms with E-state index in [1.807, 2.05) is 24.3 Å². The van der Waals surface area contributed by atoms with Crippen molar-refractivity contribution in [2.75, 3.05) is 12.4 Å². The maximum Gasteiger partial charge on any atom is 0.325 e. The van der Waals surface area contributed by atoms with E-state index in [9.17, 15) is 14.4 Å². The number of ether oxygens (including phenoxy) is 1. The van der Waals surface area contributed by atoms with Crippen LogP contribution in [0.15, 0.2) is 48.5 Å². The minimum Gasteiger partial charge on any atom is -0.496 e. The number of para-hydroxylation sites is 1. The van der Waals surface area contributed by atoms with Gasteiger partial charge in [0.1, 0.15) is 11.8 Å². The van der Waals surface area contributed by atoms with E-state index < -0.39 is 17.9 Å². The lowest BCUT2D eigenvalue weighted by atomic mass is 10.1. The number of methoxy groups -OCH3 is 1. The quantitative estimate of drug-likeness (QED) is 0.662. The summed E-state index contributed by atoms with van der Waals surface area (Å²) in [5, 5.41) is 14.0. The zero-order chi connectivity index (χ0) is 19.8. The largest absolute Gasteiger partial charge is 0.496 e. The first-order valence-corrected chi connectivity index (χ1v) is 8.46. The zero-order valence-electron chi connectivity index (χ0n) is 15.2. The Bertz CT molecular complexity index is 817. The third kappa shape index (κ3) is 5.85. The van der Waals surface area contributed by atoms with Crippen molar-refractivity contribution in [2.45, 2.75) is 25.8 Å². The molecule has 0 saturated heterocycles. The van der Waals surface area contributed by atoms with Crippen LogP contribution in [0.5, 0.6) is 5.75 Å². The van der Waals surface area contributed by atoms with Crippen molar-refractivity contribution in [1.29, 1.82) is 0 Å². The fraction of sp³-hybridized carbons (Fsp3) is 0.250. The Balaban J connectivity index is 1.89. The van der Waals surface area contributed by atoms with E-state index in [4.69, 9.17) is 9.84 Å². The summed E-state index contributed by atoms with van der Waals surface area (Å²) < 4.78 is 5.27. The number of benzene rings is 2. The number of carboxylic acid groups (broad SMARTS) is 1. The van der Waals surface area contributed by atoms with E-state index in [0.29, 0.717) is 24.1 Å². The smallest absolute Gasteiger partial charge is 0.325 e. The summed E-state index contributed by atoms with van der Waals surface area (Å²) in [6.45, 7) is 1.39. The van der Waals surface area contributed by atoms with Gasteiger partial charge in [0.15, 0.2) is 0 Å². The van der Waals surface area contributed by atoms with Crippen molar-refractivity contribution in [3.63, 3.8) is 0 Å². The zero-order valence-corrected chi connectivity index (χ0v) is 15.2. The summed E-state index contributed by atoms with van der Waals surface area (Å²) >= 11 is 0. The molecule has 2 aromatic rings. The molecule has 2 rings (SSSR count). The molecule has 0 heterocycles. The van der Waals surface area contributed by atoms with Crippen LogP contribution in [0.25, 0.3) is 0 Å². The Morgan fingerprint density at radius 3 is 2.37 bits per heavy atom. The molecule has 0 bridgehead atoms. The van der Waals surface area contributed by atoms with Gasteiger partial charge in [0.2, 0.25) is 5.91 Å². The molecule has 0 radical (unpaired) electrons. The number of carbonyl (C=O) groups excluding carboxylic acids is 2. The Labute approximate surface area is 157 Å². The number of carbonyl (C=O) groups is 3. The highest BCUT2D eigenvalue weighted by atomic mass is 16.5. The van der Waals surface area contributed by atoms with Crippen LogP contribution >= 0.6 is 0 Å². The number of nitrogens with one attached hydrogen (secondary N) is 2. The van der Waals surface area contributed by atoms with Gasteiger partial charge in [0, 0.05) is 17.7 Å². The van der Waals surface area contributed by atoms with Crippen molar-refractivity contribution in [1.82, 2.24) is 5.32 Å². The minimum absolute atomic E-state index is 0.155. The molecule has 0 spiro atoms. The number of hydrogen-bond acceptors (Lipinski definition) is 4. The number of aliphatic carboxylic acids is 1. The lowest BCUT2D eigenvalue weighted by molar-refractivity contribution is -0.138. The third-order valence-corrected chi connectivity index (χ3v) is 3.96. The standard InChI is InChI=1S/C20H22N2O5/c1-13(20(25)26)21-19(24)15-7-10-16(11-8-15)22-18(23)12-9-14-5-3-4-6-17(14)27-2/h3-8,10-11,13H,9,12H2,1-2H3,(H,21,24)(H,22,23)(H,25,26). The maximum atomic E-state index is 12.1. The SMILES string of the molecule is COc1ccccc1CCC(=O)Nc1ccc(C(=O)NC(C)C(=O)O)cc1. The molecule has 2 aromatic carbocycles. The molecule has 142 valence electrons. The summed E-state index contributed by atoms with van der Waals surface area (Å²) in [7, 11) is 1.59. The molecule has 0 aliphatic carbocycles. The van der Waals surface area contributed by atoms with E-state index in [0.717, 1.165) is 11.3 Å². The number of carboxylic acids is 1. The molecule has 27 heavy (non-hydrogen) atoms. The van der Waals surface area contributed by atoms with Gasteiger partial charge in [0.05, 0.1) is 7.11 Å². The van der Waals surface area contributed by atoms with Crippen molar-refractivity contribution in [3.05, 3.63) is 59.7 Å². The molecule has 3 N–H and O–H groups in total. The van der Waals surface area contributed by atoms with Crippen molar-refractivity contribution < 1.29 is 24.2 Å². The third-order valence-electron chi connectivity index (χ3n) is 3.96. The van der Waals surface area contributed by atoms with Crippen LogP contribution in [-0.4, -0.2) is 36.0 Å². The first kappa shape index (κ1) is 20.0. The fourth-order valence-corrected chi connectivity index (χ4v) is 2.43. The van der Waals surface area contributed by atoms with Gasteiger partial charge >= 0.3 is 5.97 Å². The normalized spacial score (nSPS) is 11.3. The van der Waals surface area contributed by atoms with E-state index in [1.165, 1.54) is 19.1 Å². The highest BCUT2D eigenvalue weighted by molar-refractivity contribution is 5.97. The monoisotopic (exact) mass is 370 g/mol. The van der Waals surface area contributed by atoms with E-state index >= 15 is 0 Å². The summed E-state index contributed by atoms with van der Waals surface area (Å²) in [5.74, 6) is -1.00. The van der Waals surface area contributed by atoms with Gasteiger partial charge in [-0.05, 0) is 49.2 Å². The number of anilines is 1. The van der Waals surface area contributed by atoms with Crippen LogP contribution in [0, 0.1) is 0 Å².